The quantitative estimate of drug-likeness (QED) is 0.403. The van der Waals surface area contributed by atoms with Gasteiger partial charge in [-0.1, -0.05) is 66.2 Å². The molecule has 0 heterocycles. The van der Waals surface area contributed by atoms with Crippen LogP contribution >= 0.6 is 11.6 Å². The standard InChI is InChI=1S/C26H21ClN2O3S/c27-22-11-4-5-12-24(22)29(33(31,32)20-8-2-1-3-9-20)17-25(30)28-23-16-15-19-14-13-18-7-6-10-21(23)26(18)19/h1-12,15-16H,13-14,17H2,(H,28,30). The number of nitrogens with one attached hydrogen (secondary N) is 1. The van der Waals surface area contributed by atoms with E-state index in [2.05, 4.69) is 11.4 Å². The van der Waals surface area contributed by atoms with E-state index in [-0.39, 0.29) is 15.6 Å². The summed E-state index contributed by atoms with van der Waals surface area (Å²) in [6, 6.07) is 24.6. The van der Waals surface area contributed by atoms with Crippen molar-refractivity contribution in [3.8, 4) is 0 Å². The van der Waals surface area contributed by atoms with E-state index in [1.165, 1.54) is 28.6 Å². The smallest absolute Gasteiger partial charge is 0.264 e. The molecular formula is C26H21ClN2O3S. The highest BCUT2D eigenvalue weighted by Gasteiger charge is 2.29. The van der Waals surface area contributed by atoms with Gasteiger partial charge in [0.05, 0.1) is 15.6 Å². The average Bonchev–Trinajstić information content (AvgIpc) is 3.25. The van der Waals surface area contributed by atoms with Gasteiger partial charge in [-0.15, -0.1) is 0 Å². The van der Waals surface area contributed by atoms with Crippen molar-refractivity contribution in [1.82, 2.24) is 0 Å². The van der Waals surface area contributed by atoms with Gasteiger partial charge in [-0.3, -0.25) is 9.10 Å². The zero-order chi connectivity index (χ0) is 23.0. The number of para-hydroxylation sites is 1. The summed E-state index contributed by atoms with van der Waals surface area (Å²) in [5.74, 6) is -0.451. The van der Waals surface area contributed by atoms with Gasteiger partial charge in [0, 0.05) is 11.1 Å². The Morgan fingerprint density at radius 1 is 0.848 bits per heavy atom. The van der Waals surface area contributed by atoms with E-state index in [0.29, 0.717) is 5.69 Å². The molecule has 1 aliphatic carbocycles. The highest BCUT2D eigenvalue weighted by Crippen LogP contribution is 2.35. The molecule has 0 saturated heterocycles. The number of rotatable bonds is 6. The Morgan fingerprint density at radius 2 is 1.55 bits per heavy atom. The van der Waals surface area contributed by atoms with Crippen LogP contribution in [-0.4, -0.2) is 20.9 Å². The molecule has 0 aliphatic heterocycles. The highest BCUT2D eigenvalue weighted by molar-refractivity contribution is 7.92. The second kappa shape index (κ2) is 8.54. The summed E-state index contributed by atoms with van der Waals surface area (Å²) in [6.07, 6.45) is 1.97. The summed E-state index contributed by atoms with van der Waals surface area (Å²) in [4.78, 5) is 13.2. The molecule has 4 aromatic rings. The first kappa shape index (κ1) is 21.5. The topological polar surface area (TPSA) is 66.5 Å². The van der Waals surface area contributed by atoms with Crippen LogP contribution < -0.4 is 9.62 Å². The summed E-state index contributed by atoms with van der Waals surface area (Å²) in [6.45, 7) is -0.413. The van der Waals surface area contributed by atoms with E-state index in [0.717, 1.165) is 22.5 Å². The lowest BCUT2D eigenvalue weighted by Crippen LogP contribution is -2.38. The second-order valence-electron chi connectivity index (χ2n) is 7.94. The summed E-state index contributed by atoms with van der Waals surface area (Å²) < 4.78 is 28.0. The van der Waals surface area contributed by atoms with Crippen molar-refractivity contribution < 1.29 is 13.2 Å². The van der Waals surface area contributed by atoms with Gasteiger partial charge in [0.15, 0.2) is 0 Å². The molecule has 0 radical (unpaired) electrons. The first-order chi connectivity index (χ1) is 15.9. The van der Waals surface area contributed by atoms with Gasteiger partial charge in [0.2, 0.25) is 5.91 Å². The fraction of sp³-hybridized carbons (Fsp3) is 0.115. The molecule has 1 N–H and O–H groups in total. The number of sulfonamides is 1. The number of carbonyl (C=O) groups excluding carboxylic acids is 1. The Balaban J connectivity index is 1.50. The van der Waals surface area contributed by atoms with Gasteiger partial charge < -0.3 is 5.32 Å². The third-order valence-corrected chi connectivity index (χ3v) is 7.98. The molecule has 1 aliphatic rings. The number of benzene rings is 4. The fourth-order valence-corrected chi connectivity index (χ4v) is 6.10. The molecule has 5 rings (SSSR count). The first-order valence-corrected chi connectivity index (χ1v) is 12.4. The van der Waals surface area contributed by atoms with Crippen molar-refractivity contribution >= 4 is 49.7 Å². The van der Waals surface area contributed by atoms with Gasteiger partial charge in [0.1, 0.15) is 6.54 Å². The number of hydrogen-bond donors (Lipinski definition) is 1. The molecule has 0 aromatic heterocycles. The van der Waals surface area contributed by atoms with Crippen LogP contribution in [0.5, 0.6) is 0 Å². The summed E-state index contributed by atoms with van der Waals surface area (Å²) >= 11 is 6.34. The van der Waals surface area contributed by atoms with Crippen LogP contribution in [0, 0.1) is 0 Å². The molecule has 1 amide bonds. The normalized spacial score (nSPS) is 12.6. The van der Waals surface area contributed by atoms with Gasteiger partial charge in [-0.05, 0) is 59.7 Å². The summed E-state index contributed by atoms with van der Waals surface area (Å²) in [7, 11) is -4.02. The lowest BCUT2D eigenvalue weighted by molar-refractivity contribution is -0.114. The number of carbonyl (C=O) groups is 1. The lowest BCUT2D eigenvalue weighted by Gasteiger charge is -2.25. The molecule has 7 heteroatoms. The van der Waals surface area contributed by atoms with E-state index in [9.17, 15) is 13.2 Å². The van der Waals surface area contributed by atoms with Crippen LogP contribution in [0.1, 0.15) is 11.1 Å². The van der Waals surface area contributed by atoms with Crippen LogP contribution in [0.15, 0.2) is 89.8 Å². The largest absolute Gasteiger partial charge is 0.324 e. The maximum Gasteiger partial charge on any atom is 0.264 e. The van der Waals surface area contributed by atoms with Gasteiger partial charge in [-0.25, -0.2) is 8.42 Å². The Labute approximate surface area is 197 Å². The van der Waals surface area contributed by atoms with Crippen molar-refractivity contribution in [3.63, 3.8) is 0 Å². The third-order valence-electron chi connectivity index (χ3n) is 5.89. The monoisotopic (exact) mass is 476 g/mol. The molecule has 0 saturated carbocycles. The minimum absolute atomic E-state index is 0.0862. The van der Waals surface area contributed by atoms with Gasteiger partial charge in [-0.2, -0.15) is 0 Å². The highest BCUT2D eigenvalue weighted by atomic mass is 35.5. The number of nitrogens with zero attached hydrogens (tertiary/aromatic N) is 1. The lowest BCUT2D eigenvalue weighted by atomic mass is 10.0. The van der Waals surface area contributed by atoms with E-state index in [4.69, 9.17) is 11.6 Å². The maximum absolute atomic E-state index is 13.5. The molecule has 33 heavy (non-hydrogen) atoms. The zero-order valence-electron chi connectivity index (χ0n) is 17.7. The fourth-order valence-electron chi connectivity index (χ4n) is 4.35. The summed E-state index contributed by atoms with van der Waals surface area (Å²) in [5, 5.41) is 5.31. The number of hydrogen-bond acceptors (Lipinski definition) is 3. The predicted molar refractivity (Wildman–Crippen MR) is 132 cm³/mol. The summed E-state index contributed by atoms with van der Waals surface area (Å²) in [5.41, 5.74) is 3.45. The van der Waals surface area contributed by atoms with Crippen LogP contribution in [-0.2, 0) is 27.7 Å². The van der Waals surface area contributed by atoms with Gasteiger partial charge in [0.25, 0.3) is 10.0 Å². The van der Waals surface area contributed by atoms with Crippen LogP contribution in [0.4, 0.5) is 11.4 Å². The molecule has 166 valence electrons. The van der Waals surface area contributed by atoms with Crippen molar-refractivity contribution in [1.29, 1.82) is 0 Å². The van der Waals surface area contributed by atoms with Crippen molar-refractivity contribution in [3.05, 3.63) is 101 Å². The Morgan fingerprint density at radius 3 is 2.30 bits per heavy atom. The molecule has 0 spiro atoms. The van der Waals surface area contributed by atoms with Gasteiger partial charge >= 0.3 is 0 Å². The Kier molecular flexibility index (Phi) is 5.56. The Bertz CT molecular complexity index is 1460. The number of halogens is 1. The van der Waals surface area contributed by atoms with E-state index in [1.54, 1.807) is 42.5 Å². The van der Waals surface area contributed by atoms with Crippen molar-refractivity contribution in [2.45, 2.75) is 17.7 Å². The molecule has 5 nitrogen and oxygen atoms in total. The average molecular weight is 477 g/mol. The third kappa shape index (κ3) is 3.96. The Hall–Kier alpha value is -3.35. The molecule has 0 fully saturated rings. The number of anilines is 2. The molecular weight excluding hydrogens is 456 g/mol. The second-order valence-corrected chi connectivity index (χ2v) is 10.2. The zero-order valence-corrected chi connectivity index (χ0v) is 19.2. The van der Waals surface area contributed by atoms with Crippen LogP contribution in [0.2, 0.25) is 5.02 Å². The predicted octanol–water partition coefficient (Wildman–Crippen LogP) is 5.43. The molecule has 0 atom stereocenters. The minimum Gasteiger partial charge on any atom is -0.324 e. The minimum atomic E-state index is -4.02. The first-order valence-electron chi connectivity index (χ1n) is 10.6. The molecule has 0 bridgehead atoms. The van der Waals surface area contributed by atoms with Crippen LogP contribution in [0.3, 0.4) is 0 Å². The van der Waals surface area contributed by atoms with E-state index >= 15 is 0 Å². The number of aryl methyl sites for hydroxylation is 2. The van der Waals surface area contributed by atoms with Crippen molar-refractivity contribution in [2.75, 3.05) is 16.2 Å². The van der Waals surface area contributed by atoms with Crippen molar-refractivity contribution in [2.24, 2.45) is 0 Å². The van der Waals surface area contributed by atoms with E-state index in [1.807, 2.05) is 24.3 Å². The van der Waals surface area contributed by atoms with Crippen LogP contribution in [0.25, 0.3) is 10.8 Å². The SMILES string of the molecule is O=C(CN(c1ccccc1Cl)S(=O)(=O)c1ccccc1)Nc1ccc2c3c(cccc13)CC2. The molecule has 0 unspecified atom stereocenters. The molecule has 4 aromatic carbocycles. The number of amides is 1. The van der Waals surface area contributed by atoms with E-state index < -0.39 is 22.5 Å². The maximum atomic E-state index is 13.5.